The van der Waals surface area contributed by atoms with Crippen LogP contribution in [0.15, 0.2) is 18.2 Å². The van der Waals surface area contributed by atoms with Gasteiger partial charge in [0.25, 0.3) is 0 Å². The highest BCUT2D eigenvalue weighted by molar-refractivity contribution is 7.80. The SMILES string of the molecule is CNC(=O)CCN(C)Cc1ccc(C(N)=S)c(OC)c1. The van der Waals surface area contributed by atoms with Crippen LogP contribution < -0.4 is 15.8 Å². The Labute approximate surface area is 125 Å². The molecule has 6 heteroatoms. The van der Waals surface area contributed by atoms with Crippen molar-refractivity contribution in [2.75, 3.05) is 27.7 Å². The molecule has 0 saturated heterocycles. The van der Waals surface area contributed by atoms with Crippen molar-refractivity contribution in [1.82, 2.24) is 10.2 Å². The van der Waals surface area contributed by atoms with Crippen LogP contribution in [0, 0.1) is 0 Å². The Balaban J connectivity index is 2.68. The van der Waals surface area contributed by atoms with Crippen molar-refractivity contribution in [2.45, 2.75) is 13.0 Å². The van der Waals surface area contributed by atoms with Crippen LogP contribution in [0.2, 0.25) is 0 Å². The van der Waals surface area contributed by atoms with Gasteiger partial charge in [-0.2, -0.15) is 0 Å². The Morgan fingerprint density at radius 2 is 2.20 bits per heavy atom. The minimum atomic E-state index is 0.0401. The van der Waals surface area contributed by atoms with Crippen LogP contribution >= 0.6 is 12.2 Å². The first-order chi connectivity index (χ1) is 9.47. The highest BCUT2D eigenvalue weighted by atomic mass is 32.1. The number of nitrogens with two attached hydrogens (primary N) is 1. The highest BCUT2D eigenvalue weighted by Gasteiger charge is 2.09. The lowest BCUT2D eigenvalue weighted by Gasteiger charge is -2.17. The maximum absolute atomic E-state index is 11.2. The first-order valence-corrected chi connectivity index (χ1v) is 6.74. The van der Waals surface area contributed by atoms with E-state index in [2.05, 4.69) is 10.2 Å². The average molecular weight is 295 g/mol. The summed E-state index contributed by atoms with van der Waals surface area (Å²) >= 11 is 4.97. The minimum absolute atomic E-state index is 0.0401. The van der Waals surface area contributed by atoms with E-state index in [1.165, 1.54) is 0 Å². The van der Waals surface area contributed by atoms with Gasteiger partial charge in [0, 0.05) is 26.6 Å². The number of methoxy groups -OCH3 is 1. The Morgan fingerprint density at radius 3 is 2.75 bits per heavy atom. The molecule has 3 N–H and O–H groups in total. The molecule has 0 atom stereocenters. The second-order valence-corrected chi connectivity index (χ2v) is 5.00. The molecule has 0 radical (unpaired) electrons. The zero-order chi connectivity index (χ0) is 15.1. The van der Waals surface area contributed by atoms with Crippen LogP contribution in [-0.4, -0.2) is 43.5 Å². The van der Waals surface area contributed by atoms with Crippen LogP contribution in [0.5, 0.6) is 5.75 Å². The van der Waals surface area contributed by atoms with Crippen molar-refractivity contribution in [3.05, 3.63) is 29.3 Å². The Morgan fingerprint density at radius 1 is 1.50 bits per heavy atom. The standard InChI is InChI=1S/C14H21N3O2S/c1-16-13(18)6-7-17(2)9-10-4-5-11(14(15)20)12(8-10)19-3/h4-5,8H,6-7,9H2,1-3H3,(H2,15,20)(H,16,18). The largest absolute Gasteiger partial charge is 0.496 e. The zero-order valence-electron chi connectivity index (χ0n) is 12.1. The molecule has 0 bridgehead atoms. The average Bonchev–Trinajstić information content (AvgIpc) is 2.44. The molecule has 0 aromatic heterocycles. The Kier molecular flexibility index (Phi) is 6.41. The van der Waals surface area contributed by atoms with E-state index < -0.39 is 0 Å². The van der Waals surface area contributed by atoms with E-state index >= 15 is 0 Å². The maximum Gasteiger partial charge on any atom is 0.221 e. The van der Waals surface area contributed by atoms with Gasteiger partial charge in [-0.1, -0.05) is 18.3 Å². The van der Waals surface area contributed by atoms with Gasteiger partial charge in [-0.25, -0.2) is 0 Å². The summed E-state index contributed by atoms with van der Waals surface area (Å²) in [7, 11) is 5.20. The number of hydrogen-bond acceptors (Lipinski definition) is 4. The van der Waals surface area contributed by atoms with Gasteiger partial charge >= 0.3 is 0 Å². The fourth-order valence-corrected chi connectivity index (χ4v) is 2.01. The summed E-state index contributed by atoms with van der Waals surface area (Å²) in [6.07, 6.45) is 0.481. The molecule has 5 nitrogen and oxygen atoms in total. The molecule has 0 aliphatic carbocycles. The monoisotopic (exact) mass is 295 g/mol. The molecule has 0 saturated carbocycles. The van der Waals surface area contributed by atoms with Crippen molar-refractivity contribution in [2.24, 2.45) is 5.73 Å². The molecule has 0 unspecified atom stereocenters. The van der Waals surface area contributed by atoms with E-state index in [4.69, 9.17) is 22.7 Å². The summed E-state index contributed by atoms with van der Waals surface area (Å²) in [5, 5.41) is 2.61. The van der Waals surface area contributed by atoms with Crippen molar-refractivity contribution < 1.29 is 9.53 Å². The number of thiocarbonyl (C=S) groups is 1. The van der Waals surface area contributed by atoms with Gasteiger partial charge in [-0.3, -0.25) is 4.79 Å². The normalized spacial score (nSPS) is 10.4. The second kappa shape index (κ2) is 7.81. The minimum Gasteiger partial charge on any atom is -0.496 e. The van der Waals surface area contributed by atoms with E-state index in [-0.39, 0.29) is 5.91 Å². The predicted octanol–water partition coefficient (Wildman–Crippen LogP) is 0.897. The molecule has 1 aromatic rings. The molecule has 20 heavy (non-hydrogen) atoms. The highest BCUT2D eigenvalue weighted by Crippen LogP contribution is 2.20. The van der Waals surface area contributed by atoms with Crippen molar-refractivity contribution >= 4 is 23.1 Å². The summed E-state index contributed by atoms with van der Waals surface area (Å²) in [6, 6.07) is 5.75. The molecular weight excluding hydrogens is 274 g/mol. The van der Waals surface area contributed by atoms with Gasteiger partial charge in [-0.15, -0.1) is 0 Å². The maximum atomic E-state index is 11.2. The van der Waals surface area contributed by atoms with Crippen molar-refractivity contribution in [3.63, 3.8) is 0 Å². The zero-order valence-corrected chi connectivity index (χ0v) is 12.9. The third-order valence-electron chi connectivity index (χ3n) is 2.98. The third-order valence-corrected chi connectivity index (χ3v) is 3.20. The van der Waals surface area contributed by atoms with Crippen molar-refractivity contribution in [3.8, 4) is 5.75 Å². The number of ether oxygens (including phenoxy) is 1. The van der Waals surface area contributed by atoms with Gasteiger partial charge in [0.15, 0.2) is 0 Å². The molecule has 0 heterocycles. The molecular formula is C14H21N3O2S. The second-order valence-electron chi connectivity index (χ2n) is 4.56. The van der Waals surface area contributed by atoms with E-state index in [0.29, 0.717) is 23.7 Å². The number of carbonyl (C=O) groups excluding carboxylic acids is 1. The number of nitrogens with one attached hydrogen (secondary N) is 1. The third kappa shape index (κ3) is 4.79. The first-order valence-electron chi connectivity index (χ1n) is 6.33. The predicted molar refractivity (Wildman–Crippen MR) is 83.9 cm³/mol. The smallest absolute Gasteiger partial charge is 0.221 e. The molecule has 110 valence electrons. The van der Waals surface area contributed by atoms with E-state index in [0.717, 1.165) is 17.7 Å². The van der Waals surface area contributed by atoms with E-state index in [1.807, 2.05) is 25.2 Å². The van der Waals surface area contributed by atoms with Gasteiger partial charge in [0.05, 0.1) is 12.7 Å². The number of carbonyl (C=O) groups is 1. The van der Waals surface area contributed by atoms with Crippen molar-refractivity contribution in [1.29, 1.82) is 0 Å². The quantitative estimate of drug-likeness (QED) is 0.732. The van der Waals surface area contributed by atoms with Gasteiger partial charge in [0.2, 0.25) is 5.91 Å². The molecule has 0 fully saturated rings. The summed E-state index contributed by atoms with van der Waals surface area (Å²) < 4.78 is 5.29. The van der Waals surface area contributed by atoms with Crippen LogP contribution in [-0.2, 0) is 11.3 Å². The summed E-state index contributed by atoms with van der Waals surface area (Å²) in [4.78, 5) is 13.6. The molecule has 1 amide bonds. The van der Waals surface area contributed by atoms with Gasteiger partial charge < -0.3 is 20.7 Å². The van der Waals surface area contributed by atoms with Crippen LogP contribution in [0.3, 0.4) is 0 Å². The lowest BCUT2D eigenvalue weighted by Crippen LogP contribution is -2.26. The van der Waals surface area contributed by atoms with Gasteiger partial charge in [0.1, 0.15) is 10.7 Å². The van der Waals surface area contributed by atoms with Crippen LogP contribution in [0.4, 0.5) is 0 Å². The topological polar surface area (TPSA) is 67.6 Å². The number of benzene rings is 1. The number of rotatable bonds is 7. The van der Waals surface area contributed by atoms with E-state index in [1.54, 1.807) is 14.2 Å². The number of hydrogen-bond donors (Lipinski definition) is 2. The molecule has 1 aromatic carbocycles. The fourth-order valence-electron chi connectivity index (χ4n) is 1.85. The Bertz CT molecular complexity index is 491. The number of amides is 1. The summed E-state index contributed by atoms with van der Waals surface area (Å²) in [5.41, 5.74) is 7.45. The van der Waals surface area contributed by atoms with Crippen LogP contribution in [0.25, 0.3) is 0 Å². The fraction of sp³-hybridized carbons (Fsp3) is 0.429. The van der Waals surface area contributed by atoms with Gasteiger partial charge in [-0.05, 0) is 24.7 Å². The lowest BCUT2D eigenvalue weighted by atomic mass is 10.1. The van der Waals surface area contributed by atoms with E-state index in [9.17, 15) is 4.79 Å². The summed E-state index contributed by atoms with van der Waals surface area (Å²) in [5.74, 6) is 0.716. The first kappa shape index (κ1) is 16.4. The Hall–Kier alpha value is -1.66. The molecule has 0 aliphatic heterocycles. The molecule has 0 aliphatic rings. The number of nitrogens with zero attached hydrogens (tertiary/aromatic N) is 1. The van der Waals surface area contributed by atoms with Crippen LogP contribution in [0.1, 0.15) is 17.5 Å². The lowest BCUT2D eigenvalue weighted by molar-refractivity contribution is -0.120. The molecule has 0 spiro atoms. The molecule has 1 rings (SSSR count). The summed E-state index contributed by atoms with van der Waals surface area (Å²) in [6.45, 7) is 1.42.